The van der Waals surface area contributed by atoms with E-state index < -0.39 is 0 Å². The second-order valence-corrected chi connectivity index (χ2v) is 7.05. The molecule has 1 saturated carbocycles. The molecule has 5 nitrogen and oxygen atoms in total. The lowest BCUT2D eigenvalue weighted by Crippen LogP contribution is -2.37. The van der Waals surface area contributed by atoms with Gasteiger partial charge >= 0.3 is 0 Å². The van der Waals surface area contributed by atoms with Crippen molar-refractivity contribution in [2.45, 2.75) is 58.3 Å². The molecule has 0 heterocycles. The zero-order chi connectivity index (χ0) is 18.8. The number of hydrogen-bond acceptors (Lipinski definition) is 3. The van der Waals surface area contributed by atoms with E-state index in [0.29, 0.717) is 24.4 Å². The summed E-state index contributed by atoms with van der Waals surface area (Å²) < 4.78 is 5.24. The third-order valence-corrected chi connectivity index (χ3v) is 5.18. The Kier molecular flexibility index (Phi) is 8.45. The highest BCUT2D eigenvalue weighted by atomic mass is 16.5. The third kappa shape index (κ3) is 6.36. The summed E-state index contributed by atoms with van der Waals surface area (Å²) in [6.07, 6.45) is 9.25. The Hall–Kier alpha value is -2.04. The monoisotopic (exact) mass is 360 g/mol. The first kappa shape index (κ1) is 20.3. The van der Waals surface area contributed by atoms with E-state index in [1.807, 2.05) is 19.1 Å². The van der Waals surface area contributed by atoms with Crippen LogP contribution in [0, 0.1) is 5.92 Å². The van der Waals surface area contributed by atoms with Gasteiger partial charge in [-0.05, 0) is 37.8 Å². The van der Waals surface area contributed by atoms with Gasteiger partial charge < -0.3 is 15.0 Å². The van der Waals surface area contributed by atoms with Crippen LogP contribution in [0.25, 0.3) is 0 Å². The number of carbonyl (C=O) groups is 2. The molecule has 0 unspecified atom stereocenters. The van der Waals surface area contributed by atoms with Gasteiger partial charge in [0.05, 0.1) is 19.3 Å². The first-order chi connectivity index (χ1) is 12.6. The van der Waals surface area contributed by atoms with Gasteiger partial charge in [-0.3, -0.25) is 9.59 Å². The van der Waals surface area contributed by atoms with E-state index >= 15 is 0 Å². The lowest BCUT2D eigenvalue weighted by atomic mass is 9.86. The van der Waals surface area contributed by atoms with Crippen molar-refractivity contribution in [3.63, 3.8) is 0 Å². The minimum atomic E-state index is -0.197. The minimum Gasteiger partial charge on any atom is -0.495 e. The Morgan fingerprint density at radius 3 is 2.62 bits per heavy atom. The number of para-hydroxylation sites is 2. The van der Waals surface area contributed by atoms with Crippen LogP contribution >= 0.6 is 0 Å². The van der Waals surface area contributed by atoms with Crippen LogP contribution in [-0.4, -0.2) is 36.9 Å². The quantitative estimate of drug-likeness (QED) is 0.717. The topological polar surface area (TPSA) is 58.6 Å². The Labute approximate surface area is 157 Å². The maximum absolute atomic E-state index is 12.4. The van der Waals surface area contributed by atoms with Crippen LogP contribution in [0.1, 0.15) is 58.3 Å². The zero-order valence-corrected chi connectivity index (χ0v) is 16.1. The van der Waals surface area contributed by atoms with Crippen molar-refractivity contribution >= 4 is 17.5 Å². The number of nitrogens with zero attached hydrogens (tertiary/aromatic N) is 1. The number of anilines is 1. The van der Waals surface area contributed by atoms with Crippen LogP contribution in [0.4, 0.5) is 5.69 Å². The van der Waals surface area contributed by atoms with Crippen LogP contribution < -0.4 is 10.1 Å². The number of hydrogen-bond donors (Lipinski definition) is 1. The highest BCUT2D eigenvalue weighted by Crippen LogP contribution is 2.28. The molecule has 1 aliphatic carbocycles. The molecule has 0 spiro atoms. The molecule has 2 amide bonds. The average Bonchev–Trinajstić information content (AvgIpc) is 2.67. The number of rotatable bonds is 9. The number of benzene rings is 1. The minimum absolute atomic E-state index is 0.0680. The van der Waals surface area contributed by atoms with E-state index in [-0.39, 0.29) is 18.4 Å². The number of methoxy groups -OCH3 is 1. The Bertz CT molecular complexity index is 582. The summed E-state index contributed by atoms with van der Waals surface area (Å²) in [6.45, 7) is 2.54. The molecule has 5 heteroatoms. The fourth-order valence-corrected chi connectivity index (χ4v) is 3.66. The summed E-state index contributed by atoms with van der Waals surface area (Å²) in [5, 5.41) is 2.83. The van der Waals surface area contributed by atoms with Gasteiger partial charge in [-0.15, -0.1) is 0 Å². The highest BCUT2D eigenvalue weighted by Gasteiger charge is 2.18. The Morgan fingerprint density at radius 2 is 1.92 bits per heavy atom. The second kappa shape index (κ2) is 10.8. The first-order valence-electron chi connectivity index (χ1n) is 9.84. The lowest BCUT2D eigenvalue weighted by molar-refractivity contribution is -0.134. The molecular weight excluding hydrogens is 328 g/mol. The molecule has 0 aromatic heterocycles. The van der Waals surface area contributed by atoms with Crippen LogP contribution in [0.3, 0.4) is 0 Å². The van der Waals surface area contributed by atoms with Gasteiger partial charge in [0.15, 0.2) is 0 Å². The van der Waals surface area contributed by atoms with Gasteiger partial charge in [0, 0.05) is 13.0 Å². The van der Waals surface area contributed by atoms with E-state index in [9.17, 15) is 9.59 Å². The molecule has 2 rings (SSSR count). The number of likely N-dealkylation sites (N-methyl/N-ethyl adjacent to an activating group) is 1. The Morgan fingerprint density at radius 1 is 1.19 bits per heavy atom. The van der Waals surface area contributed by atoms with Gasteiger partial charge in [-0.1, -0.05) is 44.2 Å². The summed E-state index contributed by atoms with van der Waals surface area (Å²) in [6, 6.07) is 7.28. The van der Waals surface area contributed by atoms with Gasteiger partial charge in [0.25, 0.3) is 0 Å². The molecule has 1 N–H and O–H groups in total. The molecule has 1 fully saturated rings. The maximum Gasteiger partial charge on any atom is 0.244 e. The molecule has 0 atom stereocenters. The van der Waals surface area contributed by atoms with Crippen LogP contribution in [0.15, 0.2) is 24.3 Å². The number of nitrogens with one attached hydrogen (secondary N) is 1. The van der Waals surface area contributed by atoms with E-state index in [4.69, 9.17) is 4.74 Å². The number of amides is 2. The maximum atomic E-state index is 12.4. The number of ether oxygens (including phenoxy) is 1. The van der Waals surface area contributed by atoms with Crippen molar-refractivity contribution in [3.05, 3.63) is 24.3 Å². The predicted molar refractivity (Wildman–Crippen MR) is 104 cm³/mol. The van der Waals surface area contributed by atoms with E-state index in [1.165, 1.54) is 32.1 Å². The normalized spacial score (nSPS) is 14.7. The van der Waals surface area contributed by atoms with Crippen molar-refractivity contribution in [3.8, 4) is 5.75 Å². The number of carbonyl (C=O) groups excluding carboxylic acids is 2. The third-order valence-electron chi connectivity index (χ3n) is 5.18. The summed E-state index contributed by atoms with van der Waals surface area (Å²) in [5.41, 5.74) is 0.626. The van der Waals surface area contributed by atoms with Crippen molar-refractivity contribution in [1.82, 2.24) is 4.90 Å². The molecule has 0 saturated heterocycles. The molecule has 144 valence electrons. The summed E-state index contributed by atoms with van der Waals surface area (Å²) in [5.74, 6) is 1.28. The van der Waals surface area contributed by atoms with Crippen molar-refractivity contribution in [2.24, 2.45) is 5.92 Å². The largest absolute Gasteiger partial charge is 0.495 e. The van der Waals surface area contributed by atoms with E-state index in [2.05, 4.69) is 5.32 Å². The molecule has 0 radical (unpaired) electrons. The summed E-state index contributed by atoms with van der Waals surface area (Å²) in [4.78, 5) is 26.4. The van der Waals surface area contributed by atoms with E-state index in [0.717, 1.165) is 18.8 Å². The molecule has 0 bridgehead atoms. The zero-order valence-electron chi connectivity index (χ0n) is 16.1. The fourth-order valence-electron chi connectivity index (χ4n) is 3.66. The van der Waals surface area contributed by atoms with E-state index in [1.54, 1.807) is 24.1 Å². The Balaban J connectivity index is 1.77. The smallest absolute Gasteiger partial charge is 0.244 e. The summed E-state index contributed by atoms with van der Waals surface area (Å²) in [7, 11) is 1.57. The molecule has 26 heavy (non-hydrogen) atoms. The second-order valence-electron chi connectivity index (χ2n) is 7.05. The van der Waals surface area contributed by atoms with Crippen molar-refractivity contribution < 1.29 is 14.3 Å². The standard InChI is InChI=1S/C21H32N2O3/c1-3-23(21(25)15-9-12-17-10-5-4-6-11-17)16-20(24)22-18-13-7-8-14-19(18)26-2/h7-8,13-14,17H,3-6,9-12,15-16H2,1-2H3,(H,22,24). The van der Waals surface area contributed by atoms with Crippen LogP contribution in [0.5, 0.6) is 5.75 Å². The van der Waals surface area contributed by atoms with Gasteiger partial charge in [-0.2, -0.15) is 0 Å². The van der Waals surface area contributed by atoms with Gasteiger partial charge in [0.1, 0.15) is 5.75 Å². The lowest BCUT2D eigenvalue weighted by Gasteiger charge is -2.23. The van der Waals surface area contributed by atoms with Crippen LogP contribution in [0.2, 0.25) is 0 Å². The van der Waals surface area contributed by atoms with Crippen molar-refractivity contribution in [2.75, 3.05) is 25.5 Å². The molecule has 1 aliphatic rings. The average molecular weight is 360 g/mol. The first-order valence-corrected chi connectivity index (χ1v) is 9.84. The highest BCUT2D eigenvalue weighted by molar-refractivity contribution is 5.95. The predicted octanol–water partition coefficient (Wildman–Crippen LogP) is 4.23. The summed E-state index contributed by atoms with van der Waals surface area (Å²) >= 11 is 0. The van der Waals surface area contributed by atoms with Gasteiger partial charge in [-0.25, -0.2) is 0 Å². The van der Waals surface area contributed by atoms with Crippen molar-refractivity contribution in [1.29, 1.82) is 0 Å². The fraction of sp³-hybridized carbons (Fsp3) is 0.619. The molecular formula is C21H32N2O3. The molecule has 0 aliphatic heterocycles. The van der Waals surface area contributed by atoms with Gasteiger partial charge in [0.2, 0.25) is 11.8 Å². The molecule has 1 aromatic carbocycles. The van der Waals surface area contributed by atoms with Crippen LogP contribution in [-0.2, 0) is 9.59 Å². The molecule has 1 aromatic rings. The SMILES string of the molecule is CCN(CC(=O)Nc1ccccc1OC)C(=O)CCCC1CCCCC1.